The normalized spacial score (nSPS) is 19.0. The van der Waals surface area contributed by atoms with E-state index in [4.69, 9.17) is 14.1 Å². The number of amidine groups is 1. The van der Waals surface area contributed by atoms with E-state index < -0.39 is 5.97 Å². The fourth-order valence-corrected chi connectivity index (χ4v) is 5.51. The molecule has 1 saturated heterocycles. The molecule has 2 heterocycles. The second kappa shape index (κ2) is 10.4. The van der Waals surface area contributed by atoms with Gasteiger partial charge in [0.25, 0.3) is 5.91 Å². The highest BCUT2D eigenvalue weighted by Gasteiger charge is 2.38. The summed E-state index contributed by atoms with van der Waals surface area (Å²) in [6.45, 7) is 0. The predicted molar refractivity (Wildman–Crippen MR) is 138 cm³/mol. The fraction of sp³-hybridized carbons (Fsp3) is 0.250. The number of amides is 1. The molecular weight excluding hydrogens is 460 g/mol. The number of furan rings is 1. The van der Waals surface area contributed by atoms with Crippen molar-refractivity contribution in [3.05, 3.63) is 83.0 Å². The van der Waals surface area contributed by atoms with Gasteiger partial charge < -0.3 is 9.15 Å². The quantitative estimate of drug-likeness (QED) is 0.297. The van der Waals surface area contributed by atoms with Crippen LogP contribution in [0, 0.1) is 0 Å². The van der Waals surface area contributed by atoms with Gasteiger partial charge in [0.05, 0.1) is 23.3 Å². The number of carbonyl (C=O) groups excluding carboxylic acids is 2. The number of carbonyl (C=O) groups is 2. The minimum atomic E-state index is -0.401. The number of ether oxygens (including phenoxy) is 1. The van der Waals surface area contributed by atoms with Crippen molar-refractivity contribution >= 4 is 40.6 Å². The van der Waals surface area contributed by atoms with Crippen LogP contribution in [0.4, 0.5) is 5.69 Å². The van der Waals surface area contributed by atoms with Crippen molar-refractivity contribution in [2.24, 2.45) is 4.99 Å². The Morgan fingerprint density at radius 3 is 2.63 bits per heavy atom. The second-order valence-corrected chi connectivity index (χ2v) is 9.59. The molecule has 35 heavy (non-hydrogen) atoms. The maximum absolute atomic E-state index is 13.5. The second-order valence-electron chi connectivity index (χ2n) is 8.58. The maximum Gasteiger partial charge on any atom is 0.337 e. The maximum atomic E-state index is 13.5. The average Bonchev–Trinajstić information content (AvgIpc) is 3.49. The minimum absolute atomic E-state index is 0.0257. The number of nitrogens with zero attached hydrogens (tertiary/aromatic N) is 2. The van der Waals surface area contributed by atoms with Crippen LogP contribution in [0.25, 0.3) is 17.4 Å². The standard InChI is InChI=1S/C28H26N2O4S/c1-33-27(32)20-10-8-9-19(17-20)24-16-15-23(34-24)18-25-26(31)30(22-13-6-3-7-14-22)28(35-25)29-21-11-4-2-5-12-21/h2,4-5,8-12,15-18,22H,3,6-7,13-14H2,1H3. The molecule has 0 unspecified atom stereocenters. The van der Waals surface area contributed by atoms with Gasteiger partial charge in [-0.3, -0.25) is 9.69 Å². The molecule has 6 nitrogen and oxygen atoms in total. The van der Waals surface area contributed by atoms with Crippen LogP contribution in [0.2, 0.25) is 0 Å². The van der Waals surface area contributed by atoms with E-state index >= 15 is 0 Å². The third kappa shape index (κ3) is 5.10. The molecule has 0 spiro atoms. The zero-order chi connectivity index (χ0) is 24.2. The fourth-order valence-electron chi connectivity index (χ4n) is 4.47. The lowest BCUT2D eigenvalue weighted by Crippen LogP contribution is -2.40. The number of hydrogen-bond donors (Lipinski definition) is 0. The Bertz CT molecular complexity index is 1290. The molecule has 1 amide bonds. The number of methoxy groups -OCH3 is 1. The molecule has 3 aromatic rings. The summed E-state index contributed by atoms with van der Waals surface area (Å²) in [4.78, 5) is 32.7. The topological polar surface area (TPSA) is 72.1 Å². The van der Waals surface area contributed by atoms with Crippen LogP contribution in [0.1, 0.15) is 48.2 Å². The van der Waals surface area contributed by atoms with Gasteiger partial charge in [-0.05, 0) is 61.0 Å². The number of thioether (sulfide) groups is 1. The number of benzene rings is 2. The van der Waals surface area contributed by atoms with Crippen molar-refractivity contribution in [3.63, 3.8) is 0 Å². The first kappa shape index (κ1) is 23.2. The molecule has 178 valence electrons. The molecule has 0 atom stereocenters. The van der Waals surface area contributed by atoms with Crippen molar-refractivity contribution in [1.29, 1.82) is 0 Å². The van der Waals surface area contributed by atoms with Crippen LogP contribution < -0.4 is 0 Å². The van der Waals surface area contributed by atoms with Crippen LogP contribution >= 0.6 is 11.8 Å². The lowest BCUT2D eigenvalue weighted by molar-refractivity contribution is -0.124. The predicted octanol–water partition coefficient (Wildman–Crippen LogP) is 6.67. The van der Waals surface area contributed by atoms with Crippen LogP contribution in [-0.4, -0.2) is 35.1 Å². The summed E-state index contributed by atoms with van der Waals surface area (Å²) < 4.78 is 10.8. The van der Waals surface area contributed by atoms with Gasteiger partial charge in [0.2, 0.25) is 0 Å². The van der Waals surface area contributed by atoms with E-state index in [9.17, 15) is 9.59 Å². The Hall–Kier alpha value is -3.58. The summed E-state index contributed by atoms with van der Waals surface area (Å²) in [5, 5.41) is 0.719. The highest BCUT2D eigenvalue weighted by atomic mass is 32.2. The van der Waals surface area contributed by atoms with E-state index in [0.717, 1.165) is 42.1 Å². The van der Waals surface area contributed by atoms with Crippen molar-refractivity contribution in [3.8, 4) is 11.3 Å². The summed E-state index contributed by atoms with van der Waals surface area (Å²) >= 11 is 1.39. The van der Waals surface area contributed by atoms with Gasteiger partial charge in [0.15, 0.2) is 5.17 Å². The molecule has 1 aliphatic heterocycles. The van der Waals surface area contributed by atoms with Crippen LogP contribution in [0.15, 0.2) is 81.0 Å². The summed E-state index contributed by atoms with van der Waals surface area (Å²) in [6, 6.07) is 20.7. The lowest BCUT2D eigenvalue weighted by atomic mass is 9.94. The van der Waals surface area contributed by atoms with Crippen molar-refractivity contribution in [1.82, 2.24) is 4.90 Å². The summed E-state index contributed by atoms with van der Waals surface area (Å²) in [5.41, 5.74) is 2.04. The Kier molecular flexibility index (Phi) is 6.86. The van der Waals surface area contributed by atoms with Crippen molar-refractivity contribution in [2.75, 3.05) is 7.11 Å². The van der Waals surface area contributed by atoms with E-state index in [0.29, 0.717) is 22.0 Å². The van der Waals surface area contributed by atoms with Crippen LogP contribution in [-0.2, 0) is 9.53 Å². The molecular formula is C28H26N2O4S. The molecule has 0 bridgehead atoms. The Morgan fingerprint density at radius 1 is 1.06 bits per heavy atom. The summed E-state index contributed by atoms with van der Waals surface area (Å²) in [6.07, 6.45) is 7.24. The number of esters is 1. The van der Waals surface area contributed by atoms with Gasteiger partial charge in [-0.25, -0.2) is 9.79 Å². The monoisotopic (exact) mass is 486 g/mol. The van der Waals surface area contributed by atoms with Gasteiger partial charge in [-0.15, -0.1) is 0 Å². The van der Waals surface area contributed by atoms with Crippen molar-refractivity contribution < 1.29 is 18.7 Å². The SMILES string of the molecule is COC(=O)c1cccc(-c2ccc(C=C3SC(=Nc4ccccc4)N(C4CCCCC4)C3=O)o2)c1. The molecule has 2 fully saturated rings. The number of para-hydroxylation sites is 1. The highest BCUT2D eigenvalue weighted by Crippen LogP contribution is 2.39. The first-order valence-corrected chi connectivity index (χ1v) is 12.6. The molecule has 2 aliphatic rings. The highest BCUT2D eigenvalue weighted by molar-refractivity contribution is 8.18. The summed E-state index contributed by atoms with van der Waals surface area (Å²) in [5.74, 6) is 0.758. The Balaban J connectivity index is 1.44. The van der Waals surface area contributed by atoms with Gasteiger partial charge in [-0.2, -0.15) is 0 Å². The van der Waals surface area contributed by atoms with E-state index in [1.807, 2.05) is 53.4 Å². The first-order valence-electron chi connectivity index (χ1n) is 11.8. The first-order chi connectivity index (χ1) is 17.1. The molecule has 1 aromatic heterocycles. The van der Waals surface area contributed by atoms with Gasteiger partial charge >= 0.3 is 5.97 Å². The molecule has 0 radical (unpaired) electrons. The number of rotatable bonds is 5. The van der Waals surface area contributed by atoms with Crippen molar-refractivity contribution in [2.45, 2.75) is 38.1 Å². The van der Waals surface area contributed by atoms with Gasteiger partial charge in [0, 0.05) is 17.7 Å². The Morgan fingerprint density at radius 2 is 1.86 bits per heavy atom. The largest absolute Gasteiger partial charge is 0.465 e. The smallest absolute Gasteiger partial charge is 0.337 e. The van der Waals surface area contributed by atoms with E-state index in [-0.39, 0.29) is 11.9 Å². The van der Waals surface area contributed by atoms with E-state index in [1.165, 1.54) is 25.3 Å². The number of hydrogen-bond acceptors (Lipinski definition) is 6. The van der Waals surface area contributed by atoms with Gasteiger partial charge in [-0.1, -0.05) is 49.6 Å². The third-order valence-corrected chi connectivity index (χ3v) is 7.21. The molecule has 1 aliphatic carbocycles. The molecule has 0 N–H and O–H groups in total. The van der Waals surface area contributed by atoms with Gasteiger partial charge in [0.1, 0.15) is 11.5 Å². The Labute approximate surface area is 208 Å². The molecule has 1 saturated carbocycles. The van der Waals surface area contributed by atoms with E-state index in [2.05, 4.69) is 0 Å². The number of aliphatic imine (C=N–C) groups is 1. The average molecular weight is 487 g/mol. The zero-order valence-electron chi connectivity index (χ0n) is 19.5. The zero-order valence-corrected chi connectivity index (χ0v) is 20.3. The van der Waals surface area contributed by atoms with Crippen LogP contribution in [0.3, 0.4) is 0 Å². The summed E-state index contributed by atoms with van der Waals surface area (Å²) in [7, 11) is 1.36. The minimum Gasteiger partial charge on any atom is -0.465 e. The third-order valence-electron chi connectivity index (χ3n) is 6.23. The molecule has 7 heteroatoms. The molecule has 2 aromatic carbocycles. The lowest BCUT2D eigenvalue weighted by Gasteiger charge is -2.30. The van der Waals surface area contributed by atoms with E-state index in [1.54, 1.807) is 24.3 Å². The van der Waals surface area contributed by atoms with Crippen LogP contribution in [0.5, 0.6) is 0 Å². The molecule has 5 rings (SSSR count).